The number of nitro groups is 1. The predicted molar refractivity (Wildman–Crippen MR) is 72.4 cm³/mol. The molecule has 0 bridgehead atoms. The monoisotopic (exact) mass is 263 g/mol. The lowest BCUT2D eigenvalue weighted by Gasteiger charge is -2.27. The Balaban J connectivity index is 2.26. The number of carbonyl (C=O) groups excluding carboxylic acids is 1. The third-order valence-electron chi connectivity index (χ3n) is 3.26. The predicted octanol–water partition coefficient (Wildman–Crippen LogP) is 2.31. The molecule has 0 aromatic heterocycles. The van der Waals surface area contributed by atoms with Crippen molar-refractivity contribution < 1.29 is 9.72 Å². The molecule has 1 aromatic rings. The van der Waals surface area contributed by atoms with Gasteiger partial charge in [-0.05, 0) is 38.3 Å². The number of nitrogens with one attached hydrogen (secondary N) is 2. The van der Waals surface area contributed by atoms with Gasteiger partial charge in [-0.1, -0.05) is 0 Å². The summed E-state index contributed by atoms with van der Waals surface area (Å²) in [5.41, 5.74) is 0.882. The first-order valence-corrected chi connectivity index (χ1v) is 6.45. The molecular formula is C13H17N3O3. The number of hydrogen-bond donors (Lipinski definition) is 2. The molecule has 2 N–H and O–H groups in total. The van der Waals surface area contributed by atoms with Crippen LogP contribution in [0, 0.1) is 10.1 Å². The molecule has 19 heavy (non-hydrogen) atoms. The van der Waals surface area contributed by atoms with Gasteiger partial charge in [0.15, 0.2) is 0 Å². The minimum Gasteiger partial charge on any atom is -0.377 e. The minimum atomic E-state index is -0.428. The molecule has 0 spiro atoms. The van der Waals surface area contributed by atoms with Gasteiger partial charge >= 0.3 is 0 Å². The van der Waals surface area contributed by atoms with E-state index in [-0.39, 0.29) is 17.6 Å². The Labute approximate surface area is 111 Å². The molecule has 0 saturated heterocycles. The van der Waals surface area contributed by atoms with Crippen LogP contribution in [0.3, 0.4) is 0 Å². The molecule has 6 nitrogen and oxygen atoms in total. The Bertz CT molecular complexity index is 498. The van der Waals surface area contributed by atoms with Crippen molar-refractivity contribution in [2.75, 3.05) is 11.9 Å². The Morgan fingerprint density at radius 2 is 2.21 bits per heavy atom. The fourth-order valence-corrected chi connectivity index (χ4v) is 1.99. The molecule has 0 aliphatic heterocycles. The Morgan fingerprint density at radius 1 is 1.47 bits per heavy atom. The van der Waals surface area contributed by atoms with Crippen LogP contribution in [0.5, 0.6) is 0 Å². The van der Waals surface area contributed by atoms with Gasteiger partial charge in [-0.25, -0.2) is 0 Å². The highest BCUT2D eigenvalue weighted by Gasteiger charge is 2.22. The number of nitrogens with zero attached hydrogens (tertiary/aromatic N) is 1. The van der Waals surface area contributed by atoms with E-state index in [1.54, 1.807) is 6.07 Å². The van der Waals surface area contributed by atoms with Crippen LogP contribution < -0.4 is 10.6 Å². The molecule has 0 radical (unpaired) electrons. The molecule has 0 heterocycles. The molecule has 2 rings (SSSR count). The van der Waals surface area contributed by atoms with E-state index in [4.69, 9.17) is 0 Å². The molecular weight excluding hydrogens is 246 g/mol. The summed E-state index contributed by atoms with van der Waals surface area (Å²) in [6.07, 6.45) is 3.17. The molecule has 0 atom stereocenters. The van der Waals surface area contributed by atoms with E-state index in [0.717, 1.165) is 19.3 Å². The lowest BCUT2D eigenvalue weighted by Crippen LogP contribution is -2.28. The zero-order valence-electron chi connectivity index (χ0n) is 10.8. The van der Waals surface area contributed by atoms with Crippen molar-refractivity contribution in [3.05, 3.63) is 33.9 Å². The van der Waals surface area contributed by atoms with Crippen molar-refractivity contribution in [2.24, 2.45) is 0 Å². The van der Waals surface area contributed by atoms with Crippen LogP contribution >= 0.6 is 0 Å². The Morgan fingerprint density at radius 3 is 2.74 bits per heavy atom. The van der Waals surface area contributed by atoms with Crippen molar-refractivity contribution in [1.29, 1.82) is 0 Å². The van der Waals surface area contributed by atoms with E-state index in [9.17, 15) is 14.9 Å². The molecule has 1 fully saturated rings. The summed E-state index contributed by atoms with van der Waals surface area (Å²) >= 11 is 0. The molecule has 1 amide bonds. The van der Waals surface area contributed by atoms with E-state index < -0.39 is 4.92 Å². The van der Waals surface area contributed by atoms with Gasteiger partial charge in [0, 0.05) is 24.2 Å². The van der Waals surface area contributed by atoms with Crippen molar-refractivity contribution in [2.45, 2.75) is 32.2 Å². The number of benzene rings is 1. The highest BCUT2D eigenvalue weighted by Crippen LogP contribution is 2.30. The van der Waals surface area contributed by atoms with E-state index >= 15 is 0 Å². The van der Waals surface area contributed by atoms with Gasteiger partial charge in [-0.15, -0.1) is 0 Å². The van der Waals surface area contributed by atoms with Gasteiger partial charge in [0.05, 0.1) is 4.92 Å². The molecule has 102 valence electrons. The van der Waals surface area contributed by atoms with Crippen LogP contribution in [0.15, 0.2) is 18.2 Å². The summed E-state index contributed by atoms with van der Waals surface area (Å²) in [7, 11) is 0. The zero-order valence-corrected chi connectivity index (χ0v) is 10.8. The second-order valence-corrected chi connectivity index (χ2v) is 4.62. The SMILES string of the molecule is CCNC(=O)c1ccc([N+](=O)[O-])c(NC2CCC2)c1. The zero-order chi connectivity index (χ0) is 13.8. The molecule has 1 aromatic carbocycles. The second kappa shape index (κ2) is 5.69. The first-order valence-electron chi connectivity index (χ1n) is 6.45. The fourth-order valence-electron chi connectivity index (χ4n) is 1.99. The van der Waals surface area contributed by atoms with Gasteiger partial charge in [0.1, 0.15) is 5.69 Å². The van der Waals surface area contributed by atoms with Gasteiger partial charge in [0.2, 0.25) is 0 Å². The summed E-state index contributed by atoms with van der Waals surface area (Å²) in [5.74, 6) is -0.214. The van der Waals surface area contributed by atoms with Crippen LogP contribution in [-0.4, -0.2) is 23.4 Å². The highest BCUT2D eigenvalue weighted by atomic mass is 16.6. The summed E-state index contributed by atoms with van der Waals surface area (Å²) in [5, 5.41) is 16.8. The van der Waals surface area contributed by atoms with E-state index in [1.165, 1.54) is 12.1 Å². The number of nitro benzene ring substituents is 1. The Kier molecular flexibility index (Phi) is 3.99. The standard InChI is InChI=1S/C13H17N3O3/c1-2-14-13(17)9-6-7-12(16(18)19)11(8-9)15-10-4-3-5-10/h6-8,10,15H,2-5H2,1H3,(H,14,17). The third-order valence-corrected chi connectivity index (χ3v) is 3.26. The summed E-state index contributed by atoms with van der Waals surface area (Å²) in [4.78, 5) is 22.3. The summed E-state index contributed by atoms with van der Waals surface area (Å²) < 4.78 is 0. The summed E-state index contributed by atoms with van der Waals surface area (Å²) in [6.45, 7) is 2.36. The van der Waals surface area contributed by atoms with Crippen molar-refractivity contribution in [3.63, 3.8) is 0 Å². The van der Waals surface area contributed by atoms with E-state index in [2.05, 4.69) is 10.6 Å². The first kappa shape index (κ1) is 13.3. The van der Waals surface area contributed by atoms with Crippen LogP contribution in [-0.2, 0) is 0 Å². The summed E-state index contributed by atoms with van der Waals surface area (Å²) in [6, 6.07) is 4.70. The molecule has 1 saturated carbocycles. The van der Waals surface area contributed by atoms with Crippen molar-refractivity contribution in [3.8, 4) is 0 Å². The van der Waals surface area contributed by atoms with Crippen LogP contribution in [0.2, 0.25) is 0 Å². The fraction of sp³-hybridized carbons (Fsp3) is 0.462. The van der Waals surface area contributed by atoms with Crippen molar-refractivity contribution in [1.82, 2.24) is 5.32 Å². The molecule has 6 heteroatoms. The smallest absolute Gasteiger partial charge is 0.292 e. The second-order valence-electron chi connectivity index (χ2n) is 4.62. The number of anilines is 1. The normalized spacial score (nSPS) is 14.6. The Hall–Kier alpha value is -2.11. The lowest BCUT2D eigenvalue weighted by molar-refractivity contribution is -0.384. The number of carbonyl (C=O) groups is 1. The average molecular weight is 263 g/mol. The van der Waals surface area contributed by atoms with E-state index in [1.807, 2.05) is 6.92 Å². The topological polar surface area (TPSA) is 84.3 Å². The number of amides is 1. The van der Waals surface area contributed by atoms with Crippen LogP contribution in [0.4, 0.5) is 11.4 Å². The maximum absolute atomic E-state index is 11.7. The third kappa shape index (κ3) is 3.01. The minimum absolute atomic E-state index is 0.0138. The van der Waals surface area contributed by atoms with Gasteiger partial charge in [-0.3, -0.25) is 14.9 Å². The molecule has 1 aliphatic rings. The largest absolute Gasteiger partial charge is 0.377 e. The quantitative estimate of drug-likeness (QED) is 0.630. The number of hydrogen-bond acceptors (Lipinski definition) is 4. The maximum Gasteiger partial charge on any atom is 0.292 e. The van der Waals surface area contributed by atoms with Gasteiger partial charge in [0.25, 0.3) is 11.6 Å². The van der Waals surface area contributed by atoms with Gasteiger partial charge in [-0.2, -0.15) is 0 Å². The highest BCUT2D eigenvalue weighted by molar-refractivity contribution is 5.95. The van der Waals surface area contributed by atoms with Crippen LogP contribution in [0.25, 0.3) is 0 Å². The average Bonchev–Trinajstić information content (AvgIpc) is 2.33. The molecule has 1 aliphatic carbocycles. The van der Waals surface area contributed by atoms with Gasteiger partial charge < -0.3 is 10.6 Å². The van der Waals surface area contributed by atoms with Crippen molar-refractivity contribution >= 4 is 17.3 Å². The maximum atomic E-state index is 11.7. The van der Waals surface area contributed by atoms with Crippen LogP contribution in [0.1, 0.15) is 36.5 Å². The molecule has 0 unspecified atom stereocenters. The number of rotatable bonds is 5. The first-order chi connectivity index (χ1) is 9.11. The van der Waals surface area contributed by atoms with E-state index in [0.29, 0.717) is 17.8 Å². The lowest BCUT2D eigenvalue weighted by atomic mass is 9.93.